The van der Waals surface area contributed by atoms with Gasteiger partial charge in [-0.3, -0.25) is 0 Å². The van der Waals surface area contributed by atoms with Gasteiger partial charge in [0, 0.05) is 6.54 Å². The van der Waals surface area contributed by atoms with Gasteiger partial charge in [-0.25, -0.2) is 0 Å². The minimum absolute atomic E-state index is 1.02. The second-order valence-corrected chi connectivity index (χ2v) is 2.98. The van der Waals surface area contributed by atoms with Crippen LogP contribution >= 0.6 is 0 Å². The van der Waals surface area contributed by atoms with Gasteiger partial charge >= 0.3 is 0 Å². The maximum absolute atomic E-state index is 3.37. The zero-order valence-electron chi connectivity index (χ0n) is 7.93. The number of nitrogens with one attached hydrogen (secondary N) is 1. The van der Waals surface area contributed by atoms with E-state index in [4.69, 9.17) is 0 Å². The van der Waals surface area contributed by atoms with Gasteiger partial charge < -0.3 is 5.32 Å². The second kappa shape index (κ2) is 4.94. The maximum Gasteiger partial charge on any atom is 0.0208 e. The first-order valence-corrected chi connectivity index (χ1v) is 4.56. The summed E-state index contributed by atoms with van der Waals surface area (Å²) in [5.41, 5.74) is 2.91. The molecule has 1 heteroatoms. The van der Waals surface area contributed by atoms with Crippen LogP contribution in [-0.4, -0.2) is 13.1 Å². The van der Waals surface area contributed by atoms with E-state index in [1.54, 1.807) is 0 Å². The fourth-order valence-corrected chi connectivity index (χ4v) is 1.48. The van der Waals surface area contributed by atoms with Gasteiger partial charge in [-0.15, -0.1) is 0 Å². The topological polar surface area (TPSA) is 12.0 Å². The molecule has 0 aromatic heterocycles. The van der Waals surface area contributed by atoms with Crippen molar-refractivity contribution >= 4 is 0 Å². The molecule has 0 atom stereocenters. The smallest absolute Gasteiger partial charge is 0.0208 e. The molecule has 1 aliphatic rings. The quantitative estimate of drug-likeness (QED) is 0.659. The molecule has 1 aliphatic heterocycles. The third-order valence-electron chi connectivity index (χ3n) is 2.03. The van der Waals surface area contributed by atoms with Gasteiger partial charge in [-0.1, -0.05) is 24.3 Å². The van der Waals surface area contributed by atoms with Gasteiger partial charge in [0.25, 0.3) is 0 Å². The fraction of sp³-hybridized carbons (Fsp3) is 0.455. The lowest BCUT2D eigenvalue weighted by Crippen LogP contribution is -2.23. The van der Waals surface area contributed by atoms with Crippen LogP contribution in [0.2, 0.25) is 0 Å². The summed E-state index contributed by atoms with van der Waals surface area (Å²) >= 11 is 0. The standard InChI is InChI=1S/C11H17N/c1-3-5-10-7-8-12-9-11(10)6-4-2/h3-6,12H,7-9H2,1-2H3/b5-3-,6-4-. The summed E-state index contributed by atoms with van der Waals surface area (Å²) in [5, 5.41) is 3.37. The molecule has 0 spiro atoms. The van der Waals surface area contributed by atoms with E-state index in [0.717, 1.165) is 19.5 Å². The van der Waals surface area contributed by atoms with Crippen LogP contribution in [0.4, 0.5) is 0 Å². The highest BCUT2D eigenvalue weighted by molar-refractivity contribution is 5.35. The van der Waals surface area contributed by atoms with Crippen LogP contribution in [0.3, 0.4) is 0 Å². The molecule has 12 heavy (non-hydrogen) atoms. The van der Waals surface area contributed by atoms with Gasteiger partial charge in [0.05, 0.1) is 0 Å². The second-order valence-electron chi connectivity index (χ2n) is 2.98. The monoisotopic (exact) mass is 163 g/mol. The lowest BCUT2D eigenvalue weighted by Gasteiger charge is -2.16. The number of hydrogen-bond donors (Lipinski definition) is 1. The van der Waals surface area contributed by atoms with E-state index in [1.807, 2.05) is 0 Å². The summed E-state index contributed by atoms with van der Waals surface area (Å²) in [6.07, 6.45) is 9.79. The Morgan fingerprint density at radius 2 is 1.75 bits per heavy atom. The summed E-state index contributed by atoms with van der Waals surface area (Å²) in [6, 6.07) is 0. The largest absolute Gasteiger partial charge is 0.312 e. The zero-order chi connectivity index (χ0) is 8.81. The normalized spacial score (nSPS) is 19.8. The third kappa shape index (κ3) is 2.35. The van der Waals surface area contributed by atoms with Crippen molar-refractivity contribution < 1.29 is 0 Å². The Kier molecular flexibility index (Phi) is 3.81. The van der Waals surface area contributed by atoms with E-state index in [1.165, 1.54) is 11.1 Å². The molecule has 0 aromatic rings. The molecule has 0 saturated heterocycles. The summed E-state index contributed by atoms with van der Waals surface area (Å²) < 4.78 is 0. The molecule has 1 rings (SSSR count). The van der Waals surface area contributed by atoms with E-state index in [0.29, 0.717) is 0 Å². The maximum atomic E-state index is 3.37. The number of allylic oxidation sites excluding steroid dienone is 3. The molecular weight excluding hydrogens is 146 g/mol. The third-order valence-corrected chi connectivity index (χ3v) is 2.03. The van der Waals surface area contributed by atoms with Crippen LogP contribution in [-0.2, 0) is 0 Å². The van der Waals surface area contributed by atoms with E-state index < -0.39 is 0 Å². The Balaban J connectivity index is 2.82. The van der Waals surface area contributed by atoms with Gasteiger partial charge in [-0.05, 0) is 38.0 Å². The van der Waals surface area contributed by atoms with Crippen molar-refractivity contribution in [1.82, 2.24) is 5.32 Å². The lowest BCUT2D eigenvalue weighted by molar-refractivity contribution is 0.695. The molecule has 0 bridgehead atoms. The van der Waals surface area contributed by atoms with E-state index in [2.05, 4.69) is 43.5 Å². The molecule has 1 nitrogen and oxygen atoms in total. The minimum atomic E-state index is 1.02. The van der Waals surface area contributed by atoms with Crippen molar-refractivity contribution in [2.24, 2.45) is 0 Å². The average molecular weight is 163 g/mol. The molecule has 66 valence electrons. The van der Waals surface area contributed by atoms with Crippen LogP contribution in [0.25, 0.3) is 0 Å². The van der Waals surface area contributed by atoms with Crippen molar-refractivity contribution in [3.63, 3.8) is 0 Å². The highest BCUT2D eigenvalue weighted by Crippen LogP contribution is 2.14. The molecule has 0 unspecified atom stereocenters. The Hall–Kier alpha value is -0.820. The fourth-order valence-electron chi connectivity index (χ4n) is 1.48. The summed E-state index contributed by atoms with van der Waals surface area (Å²) in [5.74, 6) is 0. The first-order chi connectivity index (χ1) is 5.88. The van der Waals surface area contributed by atoms with Crippen molar-refractivity contribution in [2.75, 3.05) is 13.1 Å². The molecule has 0 amide bonds. The highest BCUT2D eigenvalue weighted by atomic mass is 14.9. The number of hydrogen-bond acceptors (Lipinski definition) is 1. The SMILES string of the molecule is C/C=C\C1=C(/C=C\C)CNCC1. The van der Waals surface area contributed by atoms with Crippen LogP contribution in [0.5, 0.6) is 0 Å². The predicted octanol–water partition coefficient (Wildman–Crippen LogP) is 2.43. The zero-order valence-corrected chi connectivity index (χ0v) is 7.93. The molecule has 0 aromatic carbocycles. The van der Waals surface area contributed by atoms with Gasteiger partial charge in [0.15, 0.2) is 0 Å². The van der Waals surface area contributed by atoms with E-state index in [9.17, 15) is 0 Å². The van der Waals surface area contributed by atoms with Gasteiger partial charge in [0.2, 0.25) is 0 Å². The molecule has 0 aliphatic carbocycles. The van der Waals surface area contributed by atoms with Crippen molar-refractivity contribution in [1.29, 1.82) is 0 Å². The predicted molar refractivity (Wildman–Crippen MR) is 54.1 cm³/mol. The molecule has 0 radical (unpaired) electrons. The van der Waals surface area contributed by atoms with Crippen LogP contribution in [0, 0.1) is 0 Å². The van der Waals surface area contributed by atoms with Crippen LogP contribution < -0.4 is 5.32 Å². The van der Waals surface area contributed by atoms with E-state index in [-0.39, 0.29) is 0 Å². The summed E-state index contributed by atoms with van der Waals surface area (Å²) in [6.45, 7) is 6.27. The number of rotatable bonds is 2. The van der Waals surface area contributed by atoms with Crippen molar-refractivity contribution in [2.45, 2.75) is 20.3 Å². The Labute approximate surface area is 74.9 Å². The summed E-state index contributed by atoms with van der Waals surface area (Å²) in [7, 11) is 0. The lowest BCUT2D eigenvalue weighted by atomic mass is 10.0. The van der Waals surface area contributed by atoms with Crippen LogP contribution in [0.15, 0.2) is 35.5 Å². The molecular formula is C11H17N. The Bertz CT molecular complexity index is 197. The average Bonchev–Trinajstić information content (AvgIpc) is 2.09. The molecule has 0 fully saturated rings. The van der Waals surface area contributed by atoms with Gasteiger partial charge in [-0.2, -0.15) is 0 Å². The van der Waals surface area contributed by atoms with Gasteiger partial charge in [0.1, 0.15) is 0 Å². The van der Waals surface area contributed by atoms with Crippen molar-refractivity contribution in [3.8, 4) is 0 Å². The molecule has 0 saturated carbocycles. The minimum Gasteiger partial charge on any atom is -0.312 e. The Morgan fingerprint density at radius 1 is 1.08 bits per heavy atom. The first-order valence-electron chi connectivity index (χ1n) is 4.56. The highest BCUT2D eigenvalue weighted by Gasteiger charge is 2.05. The Morgan fingerprint density at radius 3 is 2.42 bits per heavy atom. The van der Waals surface area contributed by atoms with E-state index >= 15 is 0 Å². The molecule has 1 N–H and O–H groups in total. The van der Waals surface area contributed by atoms with Crippen molar-refractivity contribution in [3.05, 3.63) is 35.5 Å². The van der Waals surface area contributed by atoms with Crippen LogP contribution in [0.1, 0.15) is 20.3 Å². The molecule has 1 heterocycles. The first kappa shape index (κ1) is 9.27. The summed E-state index contributed by atoms with van der Waals surface area (Å²) in [4.78, 5) is 0.